The largest absolute Gasteiger partial charge is 0.508 e. The number of nitrogens with one attached hydrogen (secondary N) is 1. The summed E-state index contributed by atoms with van der Waals surface area (Å²) in [4.78, 5) is 57.4. The Balaban J connectivity index is 1.15. The number of halogens is 1. The lowest BCUT2D eigenvalue weighted by Crippen LogP contribution is -2.43. The molecule has 8 rings (SSSR count). The van der Waals surface area contributed by atoms with Crippen molar-refractivity contribution < 1.29 is 19.5 Å². The third-order valence-electron chi connectivity index (χ3n) is 9.34. The van der Waals surface area contributed by atoms with E-state index in [0.29, 0.717) is 16.4 Å². The molecule has 4 heterocycles. The molecular formula is C31H24ClN3O5S3. The fourth-order valence-electron chi connectivity index (χ4n) is 7.77. The van der Waals surface area contributed by atoms with Gasteiger partial charge in [-0.25, -0.2) is 0 Å². The van der Waals surface area contributed by atoms with Crippen LogP contribution in [-0.2, 0) is 20.9 Å². The van der Waals surface area contributed by atoms with Crippen molar-refractivity contribution in [3.63, 3.8) is 0 Å². The zero-order chi connectivity index (χ0) is 29.6. The number of fused-ring (bicyclic) bond motifs is 9. The van der Waals surface area contributed by atoms with Crippen LogP contribution in [-0.4, -0.2) is 32.6 Å². The third-order valence-corrected chi connectivity index (χ3v) is 13.3. The molecule has 2 aromatic heterocycles. The van der Waals surface area contributed by atoms with Crippen LogP contribution < -0.4 is 15.1 Å². The number of phenolic OH excluding ortho intramolecular Hbond substituents is 1. The van der Waals surface area contributed by atoms with Crippen molar-refractivity contribution in [2.24, 2.45) is 29.6 Å². The van der Waals surface area contributed by atoms with Gasteiger partial charge >= 0.3 is 4.87 Å². The van der Waals surface area contributed by atoms with Gasteiger partial charge in [0.05, 0.1) is 22.5 Å². The second-order valence-corrected chi connectivity index (χ2v) is 15.1. The van der Waals surface area contributed by atoms with Crippen LogP contribution in [0.15, 0.2) is 75.9 Å². The summed E-state index contributed by atoms with van der Waals surface area (Å²) in [5.41, 5.74) is 1.07. The summed E-state index contributed by atoms with van der Waals surface area (Å²) in [6, 6.07) is 17.1. The maximum Gasteiger partial charge on any atom is 0.308 e. The fourth-order valence-corrected chi connectivity index (χ4v) is 12.0. The molecule has 218 valence electrons. The second-order valence-electron chi connectivity index (χ2n) is 11.5. The number of benzene rings is 2. The van der Waals surface area contributed by atoms with Crippen LogP contribution in [0.2, 0.25) is 5.02 Å². The molecule has 8 nitrogen and oxygen atoms in total. The number of rotatable bonds is 5. The van der Waals surface area contributed by atoms with Gasteiger partial charge in [-0.2, -0.15) is 0 Å². The highest BCUT2D eigenvalue weighted by atomic mass is 35.5. The molecule has 1 saturated heterocycles. The Kier molecular flexibility index (Phi) is 6.38. The molecule has 3 amide bonds. The Morgan fingerprint density at radius 2 is 1.70 bits per heavy atom. The molecule has 2 N–H and O–H groups in total. The fraction of sp³-hybridized carbons (Fsp3) is 0.290. The van der Waals surface area contributed by atoms with Gasteiger partial charge in [0, 0.05) is 31.6 Å². The van der Waals surface area contributed by atoms with Gasteiger partial charge in [0.25, 0.3) is 0 Å². The molecule has 2 aliphatic carbocycles. The van der Waals surface area contributed by atoms with Crippen molar-refractivity contribution in [2.45, 2.75) is 29.2 Å². The van der Waals surface area contributed by atoms with E-state index in [4.69, 9.17) is 11.6 Å². The minimum absolute atomic E-state index is 0.0105. The Labute approximate surface area is 263 Å². The molecule has 0 radical (unpaired) electrons. The number of carbonyl (C=O) groups is 3. The van der Waals surface area contributed by atoms with Crippen molar-refractivity contribution in [2.75, 3.05) is 10.2 Å². The first kappa shape index (κ1) is 27.2. The van der Waals surface area contributed by atoms with Gasteiger partial charge < -0.3 is 10.4 Å². The van der Waals surface area contributed by atoms with E-state index in [2.05, 4.69) is 11.4 Å². The normalized spacial score (nSPS) is 28.6. The van der Waals surface area contributed by atoms with E-state index < -0.39 is 5.92 Å². The summed E-state index contributed by atoms with van der Waals surface area (Å²) < 4.78 is 1.56. The van der Waals surface area contributed by atoms with Gasteiger partial charge in [0.1, 0.15) is 12.3 Å². The summed E-state index contributed by atoms with van der Waals surface area (Å²) in [5, 5.41) is 15.7. The summed E-state index contributed by atoms with van der Waals surface area (Å²) in [7, 11) is 0. The summed E-state index contributed by atoms with van der Waals surface area (Å²) in [6.07, 6.45) is 0.798. The van der Waals surface area contributed by atoms with Gasteiger partial charge in [0.15, 0.2) is 0 Å². The Morgan fingerprint density at radius 3 is 2.40 bits per heavy atom. The number of anilines is 2. The minimum Gasteiger partial charge on any atom is -0.508 e. The molecule has 12 heteroatoms. The van der Waals surface area contributed by atoms with Crippen molar-refractivity contribution in [3.05, 3.63) is 90.5 Å². The van der Waals surface area contributed by atoms with Crippen molar-refractivity contribution in [1.82, 2.24) is 4.57 Å². The Bertz CT molecular complexity index is 1840. The van der Waals surface area contributed by atoms with Gasteiger partial charge in [-0.3, -0.25) is 28.6 Å². The summed E-state index contributed by atoms with van der Waals surface area (Å²) in [6.45, 7) is -0.144. The number of nitrogens with zero attached hydrogens (tertiary/aromatic N) is 2. The number of phenols is 1. The number of imide groups is 1. The highest BCUT2D eigenvalue weighted by Crippen LogP contribution is 2.69. The summed E-state index contributed by atoms with van der Waals surface area (Å²) >= 11 is 10.5. The molecule has 4 aliphatic rings. The Morgan fingerprint density at radius 1 is 0.977 bits per heavy atom. The molecule has 2 aromatic carbocycles. The van der Waals surface area contributed by atoms with E-state index in [0.717, 1.165) is 21.2 Å². The minimum atomic E-state index is -0.399. The highest BCUT2D eigenvalue weighted by molar-refractivity contribution is 8.00. The van der Waals surface area contributed by atoms with Crippen LogP contribution >= 0.6 is 46.0 Å². The predicted molar refractivity (Wildman–Crippen MR) is 167 cm³/mol. The first-order chi connectivity index (χ1) is 20.8. The molecule has 43 heavy (non-hydrogen) atoms. The molecule has 2 bridgehead atoms. The maximum absolute atomic E-state index is 13.9. The lowest BCUT2D eigenvalue weighted by molar-refractivity contribution is -0.123. The Hall–Kier alpha value is -3.38. The molecule has 0 spiro atoms. The number of aromatic hydroxyl groups is 1. The van der Waals surface area contributed by atoms with Gasteiger partial charge in [-0.05, 0) is 84.2 Å². The van der Waals surface area contributed by atoms with Crippen LogP contribution in [0.3, 0.4) is 0 Å². The lowest BCUT2D eigenvalue weighted by atomic mass is 9.69. The number of hydrogen-bond acceptors (Lipinski definition) is 8. The molecular weight excluding hydrogens is 626 g/mol. The number of thiophene rings is 1. The number of thioether (sulfide) groups is 1. The van der Waals surface area contributed by atoms with Crippen LogP contribution in [0.4, 0.5) is 11.4 Å². The standard InChI is InChI=1S/C31H24ClN3O5S3/c32-14-3-7-16(8-4-14)35-28(38)23-18-12-19(24(23)29(35)39)26-22(18)25(20-2-1-11-41-20)27-30(42-26)34(31(40)43-27)13-21(37)33-15-5-9-17(36)10-6-15/h1-11,18-19,22-26,36H,12-13H2,(H,33,37). The maximum atomic E-state index is 13.9. The van der Waals surface area contributed by atoms with Crippen molar-refractivity contribution >= 4 is 75.1 Å². The van der Waals surface area contributed by atoms with Gasteiger partial charge in [0.2, 0.25) is 17.7 Å². The van der Waals surface area contributed by atoms with Crippen LogP contribution in [0.1, 0.15) is 22.1 Å². The molecule has 7 atom stereocenters. The van der Waals surface area contributed by atoms with E-state index in [1.54, 1.807) is 64.1 Å². The first-order valence-electron chi connectivity index (χ1n) is 14.0. The SMILES string of the molecule is O=C(Cn1c2c(sc1=O)C(c1cccs1)C1C3CC(C1S2)C1C(=O)N(c2ccc(Cl)cc2)C(=O)C31)Nc1ccc(O)cc1. The highest BCUT2D eigenvalue weighted by Gasteiger charge is 2.70. The molecule has 4 aromatic rings. The lowest BCUT2D eigenvalue weighted by Gasteiger charge is -2.42. The van der Waals surface area contributed by atoms with E-state index in [1.807, 2.05) is 11.4 Å². The average Bonchev–Trinajstić information content (AvgIpc) is 3.81. The van der Waals surface area contributed by atoms with E-state index >= 15 is 0 Å². The zero-order valence-electron chi connectivity index (χ0n) is 22.4. The van der Waals surface area contributed by atoms with E-state index in [-0.39, 0.29) is 69.7 Å². The second kappa shape index (κ2) is 10.1. The van der Waals surface area contributed by atoms with Gasteiger partial charge in [-0.15, -0.1) is 23.1 Å². The number of thiazole rings is 1. The first-order valence-corrected chi connectivity index (χ1v) is 16.9. The average molecular weight is 650 g/mol. The van der Waals surface area contributed by atoms with Gasteiger partial charge in [-0.1, -0.05) is 29.0 Å². The number of aromatic nitrogens is 1. The monoisotopic (exact) mass is 649 g/mol. The number of amides is 3. The molecule has 7 unspecified atom stereocenters. The number of carbonyl (C=O) groups excluding carboxylic acids is 3. The van der Waals surface area contributed by atoms with Crippen LogP contribution in [0.25, 0.3) is 0 Å². The molecule has 2 saturated carbocycles. The topological polar surface area (TPSA) is 109 Å². The van der Waals surface area contributed by atoms with Crippen LogP contribution in [0, 0.1) is 29.6 Å². The predicted octanol–water partition coefficient (Wildman–Crippen LogP) is 5.65. The third kappa shape index (κ3) is 4.16. The van der Waals surface area contributed by atoms with E-state index in [9.17, 15) is 24.3 Å². The zero-order valence-corrected chi connectivity index (χ0v) is 25.6. The smallest absolute Gasteiger partial charge is 0.308 e. The quantitative estimate of drug-likeness (QED) is 0.214. The molecule has 2 aliphatic heterocycles. The van der Waals surface area contributed by atoms with Crippen molar-refractivity contribution in [1.29, 1.82) is 0 Å². The van der Waals surface area contributed by atoms with Crippen LogP contribution in [0.5, 0.6) is 5.75 Å². The summed E-state index contributed by atoms with van der Waals surface area (Å²) in [5.74, 6) is -1.29. The van der Waals surface area contributed by atoms with E-state index in [1.165, 1.54) is 28.4 Å². The molecule has 3 fully saturated rings. The van der Waals surface area contributed by atoms with Crippen molar-refractivity contribution in [3.8, 4) is 5.75 Å². The number of hydrogen-bond donors (Lipinski definition) is 2.